The fourth-order valence-electron chi connectivity index (χ4n) is 2.62. The van der Waals surface area contributed by atoms with Gasteiger partial charge in [0.25, 0.3) is 0 Å². The van der Waals surface area contributed by atoms with E-state index in [4.69, 9.17) is 4.74 Å². The fraction of sp³-hybridized carbons (Fsp3) is 0.333. The van der Waals surface area contributed by atoms with Crippen molar-refractivity contribution in [1.82, 2.24) is 4.90 Å². The first kappa shape index (κ1) is 19.5. The van der Waals surface area contributed by atoms with Crippen LogP contribution in [0.4, 0.5) is 5.69 Å². The maximum absolute atomic E-state index is 12.3. The van der Waals surface area contributed by atoms with Crippen molar-refractivity contribution in [1.29, 1.82) is 0 Å². The van der Waals surface area contributed by atoms with Crippen molar-refractivity contribution in [2.75, 3.05) is 18.4 Å². The number of hydrogen-bond acceptors (Lipinski definition) is 3. The van der Waals surface area contributed by atoms with Gasteiger partial charge in [-0.25, -0.2) is 0 Å². The number of ether oxygens (including phenoxy) is 1. The van der Waals surface area contributed by atoms with Gasteiger partial charge in [0, 0.05) is 13.1 Å². The average molecular weight is 354 g/mol. The van der Waals surface area contributed by atoms with E-state index in [1.54, 1.807) is 17.0 Å². The number of carbonyl (C=O) groups excluding carboxylic acids is 2. The van der Waals surface area contributed by atoms with Crippen LogP contribution in [0.25, 0.3) is 0 Å². The molecule has 0 unspecified atom stereocenters. The zero-order valence-electron chi connectivity index (χ0n) is 15.4. The Bertz CT molecular complexity index is 710. The van der Waals surface area contributed by atoms with Crippen LogP contribution in [0.2, 0.25) is 0 Å². The molecular weight excluding hydrogens is 328 g/mol. The van der Waals surface area contributed by atoms with E-state index < -0.39 is 0 Å². The molecule has 5 heteroatoms. The second kappa shape index (κ2) is 10.2. The molecule has 0 aliphatic rings. The summed E-state index contributed by atoms with van der Waals surface area (Å²) in [6, 6.07) is 16.5. The van der Waals surface area contributed by atoms with Gasteiger partial charge in [-0.3, -0.25) is 9.59 Å². The van der Waals surface area contributed by atoms with Crippen LogP contribution in [0.1, 0.15) is 33.1 Å². The molecule has 0 spiro atoms. The molecule has 2 aromatic carbocycles. The number of rotatable bonds is 9. The first-order chi connectivity index (χ1) is 12.6. The van der Waals surface area contributed by atoms with Crippen LogP contribution in [0, 0.1) is 0 Å². The molecule has 0 heterocycles. The molecule has 2 aromatic rings. The van der Waals surface area contributed by atoms with Crippen molar-refractivity contribution >= 4 is 17.5 Å². The second-order valence-corrected chi connectivity index (χ2v) is 6.02. The summed E-state index contributed by atoms with van der Waals surface area (Å²) in [5, 5.41) is 2.79. The lowest BCUT2D eigenvalue weighted by Gasteiger charge is -2.21. The molecule has 0 saturated heterocycles. The predicted octanol–water partition coefficient (Wildman–Crippen LogP) is 4.46. The summed E-state index contributed by atoms with van der Waals surface area (Å²) in [4.78, 5) is 26.4. The third-order valence-corrected chi connectivity index (χ3v) is 3.78. The van der Waals surface area contributed by atoms with Crippen molar-refractivity contribution in [2.24, 2.45) is 0 Å². The summed E-state index contributed by atoms with van der Waals surface area (Å²) in [5.41, 5.74) is 0.548. The van der Waals surface area contributed by atoms with Crippen LogP contribution in [0.3, 0.4) is 0 Å². The fourth-order valence-corrected chi connectivity index (χ4v) is 2.62. The summed E-state index contributed by atoms with van der Waals surface area (Å²) in [6.07, 6.45) is 1.59. The van der Waals surface area contributed by atoms with Gasteiger partial charge in [-0.05, 0) is 37.1 Å². The molecule has 0 fully saturated rings. The van der Waals surface area contributed by atoms with E-state index in [1.165, 1.54) is 0 Å². The highest BCUT2D eigenvalue weighted by Gasteiger charge is 2.17. The molecular formula is C21H26N2O3. The number of hydrogen-bond donors (Lipinski definition) is 1. The first-order valence-corrected chi connectivity index (χ1v) is 9.03. The monoisotopic (exact) mass is 354 g/mol. The van der Waals surface area contributed by atoms with E-state index in [0.717, 1.165) is 12.8 Å². The molecule has 0 saturated carbocycles. The predicted molar refractivity (Wildman–Crippen MR) is 103 cm³/mol. The smallest absolute Gasteiger partial charge is 0.233 e. The van der Waals surface area contributed by atoms with Crippen LogP contribution >= 0.6 is 0 Å². The van der Waals surface area contributed by atoms with Gasteiger partial charge >= 0.3 is 0 Å². The molecule has 1 N–H and O–H groups in total. The summed E-state index contributed by atoms with van der Waals surface area (Å²) in [5.74, 6) is 0.741. The molecule has 0 aromatic heterocycles. The Hall–Kier alpha value is -2.82. The van der Waals surface area contributed by atoms with Gasteiger partial charge in [-0.1, -0.05) is 44.2 Å². The number of carbonyl (C=O) groups is 2. The van der Waals surface area contributed by atoms with Gasteiger partial charge in [0.15, 0.2) is 5.75 Å². The van der Waals surface area contributed by atoms with Crippen molar-refractivity contribution in [3.63, 3.8) is 0 Å². The Labute approximate surface area is 155 Å². The average Bonchev–Trinajstić information content (AvgIpc) is 2.64. The minimum Gasteiger partial charge on any atom is -0.455 e. The molecule has 2 amide bonds. The third kappa shape index (κ3) is 5.92. The summed E-state index contributed by atoms with van der Waals surface area (Å²) < 4.78 is 5.83. The van der Waals surface area contributed by atoms with Crippen molar-refractivity contribution in [2.45, 2.75) is 33.1 Å². The van der Waals surface area contributed by atoms with E-state index >= 15 is 0 Å². The van der Waals surface area contributed by atoms with Gasteiger partial charge in [-0.2, -0.15) is 0 Å². The number of benzene rings is 2. The Kier molecular flexibility index (Phi) is 7.68. The Morgan fingerprint density at radius 2 is 1.54 bits per heavy atom. The van der Waals surface area contributed by atoms with Crippen LogP contribution in [-0.2, 0) is 9.59 Å². The Morgan fingerprint density at radius 3 is 2.19 bits per heavy atom. The van der Waals surface area contributed by atoms with Crippen molar-refractivity contribution in [3.05, 3.63) is 54.6 Å². The molecule has 26 heavy (non-hydrogen) atoms. The highest BCUT2D eigenvalue weighted by Crippen LogP contribution is 2.29. The maximum atomic E-state index is 12.3. The molecule has 0 aliphatic carbocycles. The number of para-hydroxylation sites is 3. The molecule has 0 aliphatic heterocycles. The zero-order chi connectivity index (χ0) is 18.8. The standard InChI is InChI=1S/C21H26N2O3/c1-3-14-23(15-4-2)21(25)16-20(24)22-18-12-8-9-13-19(18)26-17-10-6-5-7-11-17/h5-13H,3-4,14-16H2,1-2H3,(H,22,24). The molecule has 0 atom stereocenters. The minimum absolute atomic E-state index is 0.146. The van der Waals surface area contributed by atoms with Gasteiger partial charge in [-0.15, -0.1) is 0 Å². The van der Waals surface area contributed by atoms with Crippen molar-refractivity contribution < 1.29 is 14.3 Å². The van der Waals surface area contributed by atoms with Crippen LogP contribution < -0.4 is 10.1 Å². The summed E-state index contributed by atoms with van der Waals surface area (Å²) in [7, 11) is 0. The Balaban J connectivity index is 2.01. The largest absolute Gasteiger partial charge is 0.455 e. The highest BCUT2D eigenvalue weighted by molar-refractivity contribution is 6.04. The normalized spacial score (nSPS) is 10.2. The number of nitrogens with zero attached hydrogens (tertiary/aromatic N) is 1. The molecule has 0 bridgehead atoms. The lowest BCUT2D eigenvalue weighted by atomic mass is 10.2. The first-order valence-electron chi connectivity index (χ1n) is 9.03. The van der Waals surface area contributed by atoms with Gasteiger partial charge < -0.3 is 15.0 Å². The zero-order valence-corrected chi connectivity index (χ0v) is 15.4. The summed E-state index contributed by atoms with van der Waals surface area (Å²) >= 11 is 0. The highest BCUT2D eigenvalue weighted by atomic mass is 16.5. The van der Waals surface area contributed by atoms with E-state index in [0.29, 0.717) is 30.3 Å². The number of amides is 2. The van der Waals surface area contributed by atoms with E-state index in [1.807, 2.05) is 56.3 Å². The quantitative estimate of drug-likeness (QED) is 0.677. The van der Waals surface area contributed by atoms with E-state index in [2.05, 4.69) is 5.32 Å². The SMILES string of the molecule is CCCN(CCC)C(=O)CC(=O)Nc1ccccc1Oc1ccccc1. The number of anilines is 1. The third-order valence-electron chi connectivity index (χ3n) is 3.78. The van der Waals surface area contributed by atoms with E-state index in [-0.39, 0.29) is 18.2 Å². The molecule has 0 radical (unpaired) electrons. The van der Waals surface area contributed by atoms with Crippen LogP contribution in [0.5, 0.6) is 11.5 Å². The lowest BCUT2D eigenvalue weighted by Crippen LogP contribution is -2.35. The summed E-state index contributed by atoms with van der Waals surface area (Å²) in [6.45, 7) is 5.39. The topological polar surface area (TPSA) is 58.6 Å². The number of nitrogens with one attached hydrogen (secondary N) is 1. The molecule has 2 rings (SSSR count). The lowest BCUT2D eigenvalue weighted by molar-refractivity contribution is -0.134. The van der Waals surface area contributed by atoms with E-state index in [9.17, 15) is 9.59 Å². The second-order valence-electron chi connectivity index (χ2n) is 6.02. The maximum Gasteiger partial charge on any atom is 0.233 e. The molecule has 138 valence electrons. The van der Waals surface area contributed by atoms with Crippen LogP contribution in [-0.4, -0.2) is 29.8 Å². The van der Waals surface area contributed by atoms with Crippen molar-refractivity contribution in [3.8, 4) is 11.5 Å². The minimum atomic E-state index is -0.337. The van der Waals surface area contributed by atoms with Gasteiger partial charge in [0.05, 0.1) is 5.69 Å². The van der Waals surface area contributed by atoms with Gasteiger partial charge in [0.1, 0.15) is 12.2 Å². The Morgan fingerprint density at radius 1 is 0.923 bits per heavy atom. The van der Waals surface area contributed by atoms with Gasteiger partial charge in [0.2, 0.25) is 11.8 Å². The van der Waals surface area contributed by atoms with Crippen LogP contribution in [0.15, 0.2) is 54.6 Å². The molecule has 5 nitrogen and oxygen atoms in total.